The summed E-state index contributed by atoms with van der Waals surface area (Å²) in [6.07, 6.45) is 4.98. The standard InChI is InChI=1S/C13H16N2O3/c1-13(2,3)18-12(16)10-6-11-9(8-15-10)7-14-4-5-17-11/h4,6-7H,5,8H2,1-3H3. The number of ether oxygens (including phenoxy) is 2. The molecule has 0 bridgehead atoms. The third-order valence-corrected chi connectivity index (χ3v) is 2.26. The van der Waals surface area contributed by atoms with Crippen molar-refractivity contribution in [1.82, 2.24) is 0 Å². The Hall–Kier alpha value is -1.91. The molecule has 0 aliphatic carbocycles. The van der Waals surface area contributed by atoms with Crippen LogP contribution in [0.2, 0.25) is 0 Å². The molecule has 0 saturated carbocycles. The monoisotopic (exact) mass is 248 g/mol. The Balaban J connectivity index is 2.14. The fourth-order valence-electron chi connectivity index (χ4n) is 1.52. The van der Waals surface area contributed by atoms with E-state index in [0.717, 1.165) is 5.57 Å². The molecule has 0 saturated heterocycles. The quantitative estimate of drug-likeness (QED) is 0.663. The Labute approximate surface area is 106 Å². The molecule has 5 nitrogen and oxygen atoms in total. The van der Waals surface area contributed by atoms with Crippen LogP contribution in [0.3, 0.4) is 0 Å². The molecule has 0 aromatic carbocycles. The van der Waals surface area contributed by atoms with Crippen LogP contribution in [-0.4, -0.2) is 36.6 Å². The maximum atomic E-state index is 11.9. The minimum Gasteiger partial charge on any atom is -0.487 e. The summed E-state index contributed by atoms with van der Waals surface area (Å²) in [6.45, 7) is 6.25. The second kappa shape index (κ2) is 4.76. The van der Waals surface area contributed by atoms with Gasteiger partial charge in [-0.15, -0.1) is 0 Å². The summed E-state index contributed by atoms with van der Waals surface area (Å²) >= 11 is 0. The van der Waals surface area contributed by atoms with E-state index in [1.807, 2.05) is 20.8 Å². The second-order valence-corrected chi connectivity index (χ2v) is 5.01. The van der Waals surface area contributed by atoms with Crippen LogP contribution in [0, 0.1) is 0 Å². The predicted molar refractivity (Wildman–Crippen MR) is 68.8 cm³/mol. The number of carbonyl (C=O) groups is 1. The van der Waals surface area contributed by atoms with Crippen molar-refractivity contribution in [2.75, 3.05) is 13.2 Å². The summed E-state index contributed by atoms with van der Waals surface area (Å²) in [4.78, 5) is 20.1. The molecule has 0 aromatic rings. The highest BCUT2D eigenvalue weighted by Gasteiger charge is 2.24. The van der Waals surface area contributed by atoms with Crippen molar-refractivity contribution in [3.8, 4) is 0 Å². The maximum absolute atomic E-state index is 11.9. The molecule has 0 radical (unpaired) electrons. The van der Waals surface area contributed by atoms with E-state index in [1.54, 1.807) is 18.5 Å². The first-order valence-electron chi connectivity index (χ1n) is 5.79. The van der Waals surface area contributed by atoms with Gasteiger partial charge >= 0.3 is 5.97 Å². The number of carbonyl (C=O) groups excluding carboxylic acids is 1. The molecule has 2 heterocycles. The third kappa shape index (κ3) is 3.06. The highest BCUT2D eigenvalue weighted by molar-refractivity contribution is 6.41. The van der Waals surface area contributed by atoms with Gasteiger partial charge in [-0.25, -0.2) is 4.79 Å². The molecule has 0 fully saturated rings. The van der Waals surface area contributed by atoms with Crippen molar-refractivity contribution in [1.29, 1.82) is 0 Å². The summed E-state index contributed by atoms with van der Waals surface area (Å²) in [6, 6.07) is 0. The van der Waals surface area contributed by atoms with Crippen LogP contribution in [0.25, 0.3) is 0 Å². The first kappa shape index (κ1) is 12.5. The average Bonchev–Trinajstić information content (AvgIpc) is 2.50. The lowest BCUT2D eigenvalue weighted by Crippen LogP contribution is -2.29. The Morgan fingerprint density at radius 3 is 2.94 bits per heavy atom. The lowest BCUT2D eigenvalue weighted by molar-refractivity contribution is -0.146. The smallest absolute Gasteiger partial charge is 0.357 e. The van der Waals surface area contributed by atoms with E-state index >= 15 is 0 Å². The molecule has 2 rings (SSSR count). The zero-order valence-corrected chi connectivity index (χ0v) is 10.8. The summed E-state index contributed by atoms with van der Waals surface area (Å²) < 4.78 is 10.7. The lowest BCUT2D eigenvalue weighted by Gasteiger charge is -2.21. The highest BCUT2D eigenvalue weighted by atomic mass is 16.6. The van der Waals surface area contributed by atoms with E-state index in [-0.39, 0.29) is 0 Å². The van der Waals surface area contributed by atoms with Crippen molar-refractivity contribution < 1.29 is 14.3 Å². The number of hydrogen-bond acceptors (Lipinski definition) is 5. The number of nitrogens with zero attached hydrogens (tertiary/aromatic N) is 2. The number of rotatable bonds is 1. The normalized spacial score (nSPS) is 18.7. The van der Waals surface area contributed by atoms with Gasteiger partial charge in [0.05, 0.1) is 6.54 Å². The zero-order chi connectivity index (χ0) is 13.2. The van der Waals surface area contributed by atoms with Crippen molar-refractivity contribution in [2.24, 2.45) is 9.98 Å². The molecule has 0 atom stereocenters. The zero-order valence-electron chi connectivity index (χ0n) is 10.8. The van der Waals surface area contributed by atoms with Gasteiger partial charge in [-0.3, -0.25) is 9.98 Å². The molecule has 0 spiro atoms. The van der Waals surface area contributed by atoms with Crippen LogP contribution in [0.15, 0.2) is 33.6 Å². The largest absolute Gasteiger partial charge is 0.487 e. The summed E-state index contributed by atoms with van der Waals surface area (Å²) in [7, 11) is 0. The van der Waals surface area contributed by atoms with E-state index in [1.165, 1.54) is 0 Å². The van der Waals surface area contributed by atoms with Crippen molar-refractivity contribution >= 4 is 17.9 Å². The summed E-state index contributed by atoms with van der Waals surface area (Å²) in [5, 5.41) is 0. The van der Waals surface area contributed by atoms with Crippen molar-refractivity contribution in [2.45, 2.75) is 26.4 Å². The number of aliphatic imine (C=N–C) groups is 2. The molecule has 18 heavy (non-hydrogen) atoms. The topological polar surface area (TPSA) is 60.2 Å². The number of fused-ring (bicyclic) bond motifs is 1. The van der Waals surface area contributed by atoms with E-state index < -0.39 is 11.6 Å². The maximum Gasteiger partial charge on any atom is 0.357 e. The minimum atomic E-state index is -0.526. The predicted octanol–water partition coefficient (Wildman–Crippen LogP) is 1.65. The molecule has 2 aliphatic heterocycles. The first-order chi connectivity index (χ1) is 8.46. The fourth-order valence-corrected chi connectivity index (χ4v) is 1.52. The van der Waals surface area contributed by atoms with Crippen LogP contribution in [0.1, 0.15) is 20.8 Å². The van der Waals surface area contributed by atoms with Gasteiger partial charge in [0.1, 0.15) is 23.7 Å². The van der Waals surface area contributed by atoms with E-state index in [0.29, 0.717) is 24.6 Å². The molecular formula is C13H16N2O3. The van der Waals surface area contributed by atoms with E-state index in [4.69, 9.17) is 9.47 Å². The Morgan fingerprint density at radius 2 is 2.22 bits per heavy atom. The number of dihydropyridines is 1. The molecule has 0 N–H and O–H groups in total. The molecular weight excluding hydrogens is 232 g/mol. The highest BCUT2D eigenvalue weighted by Crippen LogP contribution is 2.19. The van der Waals surface area contributed by atoms with Crippen LogP contribution >= 0.6 is 0 Å². The van der Waals surface area contributed by atoms with Gasteiger partial charge < -0.3 is 9.47 Å². The molecule has 0 unspecified atom stereocenters. The minimum absolute atomic E-state index is 0.291. The van der Waals surface area contributed by atoms with Crippen LogP contribution in [0.5, 0.6) is 0 Å². The molecule has 5 heteroatoms. The van der Waals surface area contributed by atoms with Gasteiger partial charge in [-0.05, 0) is 20.8 Å². The van der Waals surface area contributed by atoms with Gasteiger partial charge in [0.25, 0.3) is 0 Å². The Morgan fingerprint density at radius 1 is 1.44 bits per heavy atom. The fraction of sp³-hybridized carbons (Fsp3) is 0.462. The van der Waals surface area contributed by atoms with Crippen LogP contribution in [0.4, 0.5) is 0 Å². The van der Waals surface area contributed by atoms with Gasteiger partial charge in [0, 0.05) is 24.1 Å². The Kier molecular flexibility index (Phi) is 3.32. The van der Waals surface area contributed by atoms with Gasteiger partial charge in [-0.2, -0.15) is 0 Å². The second-order valence-electron chi connectivity index (χ2n) is 5.01. The molecule has 2 aliphatic rings. The van der Waals surface area contributed by atoms with Crippen molar-refractivity contribution in [3.63, 3.8) is 0 Å². The molecule has 0 aromatic heterocycles. The van der Waals surface area contributed by atoms with Crippen molar-refractivity contribution in [3.05, 3.63) is 23.6 Å². The average molecular weight is 248 g/mol. The summed E-state index contributed by atoms with van der Waals surface area (Å²) in [5.74, 6) is 0.214. The molecule has 96 valence electrons. The SMILES string of the molecule is CC(C)(C)OC(=O)C1=NCC2=CN=CCOC2=C1. The summed E-state index contributed by atoms with van der Waals surface area (Å²) in [5.41, 5.74) is 0.636. The first-order valence-corrected chi connectivity index (χ1v) is 5.79. The van der Waals surface area contributed by atoms with E-state index in [2.05, 4.69) is 9.98 Å². The third-order valence-electron chi connectivity index (χ3n) is 2.26. The van der Waals surface area contributed by atoms with Crippen LogP contribution in [-0.2, 0) is 14.3 Å². The van der Waals surface area contributed by atoms with Crippen LogP contribution < -0.4 is 0 Å². The Bertz CT molecular complexity index is 479. The number of hydrogen-bond donors (Lipinski definition) is 0. The lowest BCUT2D eigenvalue weighted by atomic mass is 10.1. The molecule has 0 amide bonds. The number of esters is 1. The van der Waals surface area contributed by atoms with E-state index in [9.17, 15) is 4.79 Å². The van der Waals surface area contributed by atoms with Gasteiger partial charge in [0.2, 0.25) is 0 Å². The van der Waals surface area contributed by atoms with Gasteiger partial charge in [0.15, 0.2) is 0 Å². The van der Waals surface area contributed by atoms with Gasteiger partial charge in [-0.1, -0.05) is 0 Å².